The van der Waals surface area contributed by atoms with E-state index in [1.54, 1.807) is 43.3 Å². The fraction of sp³-hybridized carbons (Fsp3) is 0.231. The van der Waals surface area contributed by atoms with Crippen LogP contribution in [0.15, 0.2) is 48.5 Å². The van der Waals surface area contributed by atoms with Crippen molar-refractivity contribution in [1.29, 1.82) is 0 Å². The van der Waals surface area contributed by atoms with Crippen molar-refractivity contribution in [2.75, 3.05) is 18.5 Å². The predicted octanol–water partition coefficient (Wildman–Crippen LogP) is 5.57. The van der Waals surface area contributed by atoms with Crippen LogP contribution in [0.3, 0.4) is 0 Å². The molecule has 1 aliphatic rings. The second-order valence-electron chi connectivity index (χ2n) is 7.92. The van der Waals surface area contributed by atoms with Gasteiger partial charge in [0.1, 0.15) is 10.6 Å². The summed E-state index contributed by atoms with van der Waals surface area (Å²) in [5.41, 5.74) is 2.53. The SMILES string of the molecule is CCOC(=O)c1c(NC(=O)CCCN2C(=O)c3ccccc3C2=O)sc(C)c1-c1ccc(Cl)cc1. The summed E-state index contributed by atoms with van der Waals surface area (Å²) in [4.78, 5) is 52.6. The van der Waals surface area contributed by atoms with Crippen LogP contribution in [-0.2, 0) is 9.53 Å². The first-order valence-corrected chi connectivity index (χ1v) is 12.3. The van der Waals surface area contributed by atoms with E-state index in [9.17, 15) is 19.2 Å². The van der Waals surface area contributed by atoms with Gasteiger partial charge in [-0.15, -0.1) is 11.3 Å². The van der Waals surface area contributed by atoms with Crippen molar-refractivity contribution >= 4 is 51.6 Å². The maximum atomic E-state index is 12.8. The number of anilines is 1. The Morgan fingerprint density at radius 2 is 1.66 bits per heavy atom. The molecule has 1 N–H and O–H groups in total. The van der Waals surface area contributed by atoms with E-state index in [2.05, 4.69) is 5.32 Å². The van der Waals surface area contributed by atoms with Crippen molar-refractivity contribution in [2.45, 2.75) is 26.7 Å². The number of rotatable bonds is 8. The van der Waals surface area contributed by atoms with Gasteiger partial charge in [-0.1, -0.05) is 35.9 Å². The number of hydrogen-bond acceptors (Lipinski definition) is 6. The highest BCUT2D eigenvalue weighted by Crippen LogP contribution is 2.40. The summed E-state index contributed by atoms with van der Waals surface area (Å²) in [6, 6.07) is 13.8. The topological polar surface area (TPSA) is 92.8 Å². The summed E-state index contributed by atoms with van der Waals surface area (Å²) in [5, 5.41) is 3.80. The van der Waals surface area contributed by atoms with E-state index in [0.717, 1.165) is 15.3 Å². The molecule has 0 atom stereocenters. The molecule has 1 aromatic heterocycles. The Kier molecular flexibility index (Phi) is 7.33. The maximum Gasteiger partial charge on any atom is 0.341 e. The molecule has 7 nitrogen and oxygen atoms in total. The van der Waals surface area contributed by atoms with Crippen LogP contribution < -0.4 is 5.32 Å². The number of thiophene rings is 1. The van der Waals surface area contributed by atoms with Gasteiger partial charge in [0.15, 0.2) is 0 Å². The van der Waals surface area contributed by atoms with Crippen LogP contribution in [0.5, 0.6) is 0 Å². The zero-order chi connectivity index (χ0) is 25.1. The molecule has 3 aromatic rings. The van der Waals surface area contributed by atoms with E-state index in [-0.39, 0.29) is 37.3 Å². The molecule has 2 heterocycles. The fourth-order valence-electron chi connectivity index (χ4n) is 4.02. The number of ether oxygens (including phenoxy) is 1. The van der Waals surface area contributed by atoms with Gasteiger partial charge in [0.2, 0.25) is 5.91 Å². The van der Waals surface area contributed by atoms with Crippen molar-refractivity contribution in [2.24, 2.45) is 0 Å². The van der Waals surface area contributed by atoms with Gasteiger partial charge in [-0.2, -0.15) is 0 Å². The Labute approximate surface area is 211 Å². The third-order valence-electron chi connectivity index (χ3n) is 5.61. The summed E-state index contributed by atoms with van der Waals surface area (Å²) >= 11 is 7.30. The third-order valence-corrected chi connectivity index (χ3v) is 6.89. The second-order valence-corrected chi connectivity index (χ2v) is 9.59. The molecular weight excluding hydrogens is 488 g/mol. The standard InChI is InChI=1S/C26H23ClN2O5S/c1-3-34-26(33)22-21(16-10-12-17(27)13-11-16)15(2)35-23(22)28-20(30)9-6-14-29-24(31)18-7-4-5-8-19(18)25(29)32/h4-5,7-8,10-13H,3,6,9,14H2,1-2H3,(H,28,30). The van der Waals surface area contributed by atoms with Crippen LogP contribution in [0.1, 0.15) is 55.7 Å². The number of imide groups is 1. The van der Waals surface area contributed by atoms with Crippen LogP contribution in [0, 0.1) is 6.92 Å². The Morgan fingerprint density at radius 1 is 1.03 bits per heavy atom. The number of carbonyl (C=O) groups excluding carboxylic acids is 4. The number of halogens is 1. The molecule has 0 fully saturated rings. The van der Waals surface area contributed by atoms with E-state index in [4.69, 9.17) is 16.3 Å². The summed E-state index contributed by atoms with van der Waals surface area (Å²) in [6.45, 7) is 3.91. The summed E-state index contributed by atoms with van der Waals surface area (Å²) in [6.07, 6.45) is 0.364. The number of aryl methyl sites for hydroxylation is 1. The number of carbonyl (C=O) groups is 4. The van der Waals surface area contributed by atoms with Gasteiger partial charge >= 0.3 is 5.97 Å². The molecule has 0 aliphatic carbocycles. The molecule has 1 aliphatic heterocycles. The molecule has 4 rings (SSSR count). The molecule has 0 saturated heterocycles. The number of nitrogens with one attached hydrogen (secondary N) is 1. The highest BCUT2D eigenvalue weighted by molar-refractivity contribution is 7.17. The minimum Gasteiger partial charge on any atom is -0.462 e. The lowest BCUT2D eigenvalue weighted by Gasteiger charge is -2.13. The molecule has 0 spiro atoms. The quantitative estimate of drug-likeness (QED) is 0.316. The Morgan fingerprint density at radius 3 is 2.26 bits per heavy atom. The van der Waals surface area contributed by atoms with E-state index in [0.29, 0.717) is 38.7 Å². The minimum absolute atomic E-state index is 0.0723. The van der Waals surface area contributed by atoms with E-state index in [1.807, 2.05) is 19.1 Å². The van der Waals surface area contributed by atoms with Crippen molar-refractivity contribution in [3.8, 4) is 11.1 Å². The molecule has 180 valence electrons. The van der Waals surface area contributed by atoms with Crippen molar-refractivity contribution < 1.29 is 23.9 Å². The van der Waals surface area contributed by atoms with Crippen molar-refractivity contribution in [3.05, 3.63) is 75.1 Å². The van der Waals surface area contributed by atoms with E-state index >= 15 is 0 Å². The van der Waals surface area contributed by atoms with E-state index < -0.39 is 5.97 Å². The van der Waals surface area contributed by atoms with Gasteiger partial charge in [-0.05, 0) is 50.1 Å². The van der Waals surface area contributed by atoms with Crippen LogP contribution in [0.4, 0.5) is 5.00 Å². The maximum absolute atomic E-state index is 12.8. The monoisotopic (exact) mass is 510 g/mol. The number of esters is 1. The van der Waals surface area contributed by atoms with Crippen molar-refractivity contribution in [3.63, 3.8) is 0 Å². The zero-order valence-corrected chi connectivity index (χ0v) is 20.8. The number of benzene rings is 2. The first-order valence-electron chi connectivity index (χ1n) is 11.1. The number of amides is 3. The van der Waals surface area contributed by atoms with Crippen LogP contribution >= 0.6 is 22.9 Å². The van der Waals surface area contributed by atoms with E-state index in [1.165, 1.54) is 11.3 Å². The van der Waals surface area contributed by atoms with Gasteiger partial charge in [0, 0.05) is 28.4 Å². The fourth-order valence-corrected chi connectivity index (χ4v) is 5.23. The van der Waals surface area contributed by atoms with Gasteiger partial charge in [-0.25, -0.2) is 4.79 Å². The zero-order valence-electron chi connectivity index (χ0n) is 19.2. The Hall–Kier alpha value is -3.49. The van der Waals surface area contributed by atoms with Gasteiger partial charge < -0.3 is 10.1 Å². The number of fused-ring (bicyclic) bond motifs is 1. The second kappa shape index (κ2) is 10.4. The molecule has 0 unspecified atom stereocenters. The van der Waals surface area contributed by atoms with Gasteiger partial charge in [0.05, 0.1) is 17.7 Å². The van der Waals surface area contributed by atoms with Crippen LogP contribution in [0.2, 0.25) is 5.02 Å². The lowest BCUT2D eigenvalue weighted by Crippen LogP contribution is -2.31. The Balaban J connectivity index is 1.47. The molecule has 0 radical (unpaired) electrons. The molecular formula is C26H23ClN2O5S. The summed E-state index contributed by atoms with van der Waals surface area (Å²) in [7, 11) is 0. The van der Waals surface area contributed by atoms with Crippen LogP contribution in [-0.4, -0.2) is 41.7 Å². The average molecular weight is 511 g/mol. The molecule has 35 heavy (non-hydrogen) atoms. The predicted molar refractivity (Wildman–Crippen MR) is 135 cm³/mol. The highest BCUT2D eigenvalue weighted by Gasteiger charge is 2.34. The van der Waals surface area contributed by atoms with Gasteiger partial charge in [-0.3, -0.25) is 19.3 Å². The first-order chi connectivity index (χ1) is 16.8. The Bertz CT molecular complexity index is 1280. The molecule has 9 heteroatoms. The highest BCUT2D eigenvalue weighted by atomic mass is 35.5. The number of nitrogens with zero attached hydrogens (tertiary/aromatic N) is 1. The lowest BCUT2D eigenvalue weighted by atomic mass is 10.0. The number of hydrogen-bond donors (Lipinski definition) is 1. The molecule has 0 bridgehead atoms. The molecule has 0 saturated carbocycles. The molecule has 3 amide bonds. The lowest BCUT2D eigenvalue weighted by molar-refractivity contribution is -0.116. The smallest absolute Gasteiger partial charge is 0.341 e. The van der Waals surface area contributed by atoms with Crippen molar-refractivity contribution in [1.82, 2.24) is 4.90 Å². The van der Waals surface area contributed by atoms with Crippen LogP contribution in [0.25, 0.3) is 11.1 Å². The normalized spacial score (nSPS) is 12.6. The largest absolute Gasteiger partial charge is 0.462 e. The first kappa shape index (κ1) is 24.6. The van der Waals surface area contributed by atoms with Gasteiger partial charge in [0.25, 0.3) is 11.8 Å². The summed E-state index contributed by atoms with van der Waals surface area (Å²) < 4.78 is 5.26. The summed E-state index contributed by atoms with van der Waals surface area (Å²) in [5.74, 6) is -1.55. The minimum atomic E-state index is -0.525. The average Bonchev–Trinajstić information content (AvgIpc) is 3.28. The third kappa shape index (κ3) is 4.99. The molecule has 2 aromatic carbocycles.